The molecule has 0 aliphatic heterocycles. The fraction of sp³-hybridized carbons (Fsp3) is 0.409. The SMILES string of the molecule is CC[Si](CC)(CC)OC1(C(F)(F)C(F)(F)F)C(=O)c2ccccc2-c2ccccc21. The highest BCUT2D eigenvalue weighted by atomic mass is 28.4. The standard InChI is InChI=1S/C22H23F5O2Si/c1-4-30(5-2,6-3)29-20(21(23,24)22(25,26)27)18-14-10-9-12-16(18)15-11-7-8-13-17(15)19(20)28/h7-14H,4-6H2,1-3H3. The van der Waals surface area contributed by atoms with E-state index in [2.05, 4.69) is 0 Å². The zero-order chi connectivity index (χ0) is 22.4. The summed E-state index contributed by atoms with van der Waals surface area (Å²) in [7, 11) is -3.10. The Hall–Kier alpha value is -2.06. The highest BCUT2D eigenvalue weighted by molar-refractivity contribution is 6.73. The minimum atomic E-state index is -5.97. The molecule has 0 bridgehead atoms. The van der Waals surface area contributed by atoms with Gasteiger partial charge in [-0.2, -0.15) is 22.0 Å². The lowest BCUT2D eigenvalue weighted by molar-refractivity contribution is -0.329. The number of hydrogen-bond donors (Lipinski definition) is 0. The molecule has 0 fully saturated rings. The van der Waals surface area contributed by atoms with Gasteiger partial charge in [0.05, 0.1) is 0 Å². The van der Waals surface area contributed by atoms with Gasteiger partial charge >= 0.3 is 12.1 Å². The molecule has 1 aliphatic carbocycles. The first-order valence-corrected chi connectivity index (χ1v) is 12.4. The number of rotatable bonds is 6. The Kier molecular flexibility index (Phi) is 5.70. The van der Waals surface area contributed by atoms with Gasteiger partial charge in [0.2, 0.25) is 11.4 Å². The van der Waals surface area contributed by atoms with Crippen molar-refractivity contribution in [3.8, 4) is 11.1 Å². The molecule has 0 radical (unpaired) electrons. The molecule has 2 aromatic rings. The third-order valence-corrected chi connectivity index (χ3v) is 10.8. The van der Waals surface area contributed by atoms with Crippen molar-refractivity contribution >= 4 is 14.1 Å². The number of fused-ring (bicyclic) bond motifs is 3. The summed E-state index contributed by atoms with van der Waals surface area (Å²) in [5, 5.41) is 0. The van der Waals surface area contributed by atoms with Crippen molar-refractivity contribution in [1.29, 1.82) is 0 Å². The van der Waals surface area contributed by atoms with Gasteiger partial charge in [0.15, 0.2) is 8.32 Å². The van der Waals surface area contributed by atoms with Crippen molar-refractivity contribution < 1.29 is 31.2 Å². The topological polar surface area (TPSA) is 26.3 Å². The molecule has 30 heavy (non-hydrogen) atoms. The Morgan fingerprint density at radius 3 is 1.77 bits per heavy atom. The van der Waals surface area contributed by atoms with E-state index in [-0.39, 0.29) is 11.1 Å². The van der Waals surface area contributed by atoms with Crippen LogP contribution < -0.4 is 0 Å². The van der Waals surface area contributed by atoms with Crippen LogP contribution in [0.2, 0.25) is 18.1 Å². The van der Waals surface area contributed by atoms with E-state index in [1.54, 1.807) is 39.0 Å². The van der Waals surface area contributed by atoms with Crippen LogP contribution in [0, 0.1) is 0 Å². The molecular formula is C22H23F5O2Si. The summed E-state index contributed by atoms with van der Waals surface area (Å²) in [4.78, 5) is 13.5. The maximum absolute atomic E-state index is 15.4. The molecule has 0 heterocycles. The predicted molar refractivity (Wildman–Crippen MR) is 107 cm³/mol. The van der Waals surface area contributed by atoms with Crippen molar-refractivity contribution in [3.05, 3.63) is 59.7 Å². The first-order chi connectivity index (χ1) is 14.0. The number of carbonyl (C=O) groups is 1. The molecule has 0 aromatic heterocycles. The normalized spacial score (nSPS) is 19.4. The van der Waals surface area contributed by atoms with E-state index in [1.807, 2.05) is 0 Å². The van der Waals surface area contributed by atoms with Crippen LogP contribution in [0.3, 0.4) is 0 Å². The van der Waals surface area contributed by atoms with E-state index in [1.165, 1.54) is 24.3 Å². The summed E-state index contributed by atoms with van der Waals surface area (Å²) in [6, 6.07) is 12.3. The molecule has 162 valence electrons. The maximum Gasteiger partial charge on any atom is 0.457 e. The number of Topliss-reactive ketones (excluding diaryl/α,β-unsaturated/α-hetero) is 1. The maximum atomic E-state index is 15.4. The molecule has 0 spiro atoms. The lowest BCUT2D eigenvalue weighted by Crippen LogP contribution is -2.65. The van der Waals surface area contributed by atoms with Gasteiger partial charge in [0.25, 0.3) is 0 Å². The van der Waals surface area contributed by atoms with Crippen LogP contribution in [0.15, 0.2) is 48.5 Å². The molecule has 0 amide bonds. The molecule has 0 saturated heterocycles. The highest BCUT2D eigenvalue weighted by Gasteiger charge is 2.77. The van der Waals surface area contributed by atoms with E-state index >= 15 is 8.78 Å². The number of halogens is 5. The van der Waals surface area contributed by atoms with E-state index in [0.717, 1.165) is 6.07 Å². The smallest absolute Gasteiger partial charge is 0.396 e. The lowest BCUT2D eigenvalue weighted by Gasteiger charge is -2.48. The number of alkyl halides is 5. The average Bonchev–Trinajstić information content (AvgIpc) is 2.74. The summed E-state index contributed by atoms with van der Waals surface area (Å²) in [5.41, 5.74) is -3.59. The van der Waals surface area contributed by atoms with Gasteiger partial charge < -0.3 is 4.43 Å². The number of hydrogen-bond acceptors (Lipinski definition) is 2. The van der Waals surface area contributed by atoms with Crippen LogP contribution in [0.1, 0.15) is 36.7 Å². The Morgan fingerprint density at radius 2 is 1.27 bits per heavy atom. The van der Waals surface area contributed by atoms with Crippen LogP contribution in [0.5, 0.6) is 0 Å². The molecular weight excluding hydrogens is 419 g/mol. The van der Waals surface area contributed by atoms with Gasteiger partial charge in [-0.1, -0.05) is 69.3 Å². The van der Waals surface area contributed by atoms with Crippen molar-refractivity contribution in [2.45, 2.75) is 56.6 Å². The Morgan fingerprint density at radius 1 is 0.800 bits per heavy atom. The fourth-order valence-electron chi connectivity index (χ4n) is 4.22. The molecule has 0 saturated carbocycles. The minimum absolute atomic E-state index is 0.155. The van der Waals surface area contributed by atoms with Gasteiger partial charge in [-0.25, -0.2) is 0 Å². The second kappa shape index (κ2) is 7.57. The van der Waals surface area contributed by atoms with E-state index < -0.39 is 37.4 Å². The van der Waals surface area contributed by atoms with Gasteiger partial charge in [0.1, 0.15) is 0 Å². The molecule has 2 aromatic carbocycles. The van der Waals surface area contributed by atoms with Gasteiger partial charge in [-0.05, 0) is 29.3 Å². The quantitative estimate of drug-likeness (QED) is 0.357. The summed E-state index contributed by atoms with van der Waals surface area (Å²) in [6.45, 7) is 5.14. The van der Waals surface area contributed by atoms with Gasteiger partial charge in [0, 0.05) is 11.1 Å². The molecule has 1 unspecified atom stereocenters. The van der Waals surface area contributed by atoms with E-state index in [9.17, 15) is 18.0 Å². The summed E-state index contributed by atoms with van der Waals surface area (Å²) in [5.74, 6) is -6.76. The molecule has 0 N–H and O–H groups in total. The highest BCUT2D eigenvalue weighted by Crippen LogP contribution is 2.58. The van der Waals surface area contributed by atoms with Crippen LogP contribution in [-0.2, 0) is 10.0 Å². The van der Waals surface area contributed by atoms with Gasteiger partial charge in [-0.15, -0.1) is 0 Å². The number of benzene rings is 2. The zero-order valence-corrected chi connectivity index (χ0v) is 17.9. The van der Waals surface area contributed by atoms with Crippen molar-refractivity contribution in [1.82, 2.24) is 0 Å². The Labute approximate surface area is 173 Å². The molecule has 1 atom stereocenters. The lowest BCUT2D eigenvalue weighted by atomic mass is 9.71. The summed E-state index contributed by atoms with van der Waals surface area (Å²) >= 11 is 0. The second-order valence-corrected chi connectivity index (χ2v) is 12.2. The molecule has 3 rings (SSSR count). The van der Waals surface area contributed by atoms with Crippen molar-refractivity contribution in [3.63, 3.8) is 0 Å². The monoisotopic (exact) mass is 442 g/mol. The van der Waals surface area contributed by atoms with Crippen molar-refractivity contribution in [2.75, 3.05) is 0 Å². The molecule has 1 aliphatic rings. The molecule has 2 nitrogen and oxygen atoms in total. The van der Waals surface area contributed by atoms with E-state index in [4.69, 9.17) is 4.43 Å². The zero-order valence-electron chi connectivity index (χ0n) is 16.9. The fourth-order valence-corrected chi connectivity index (χ4v) is 7.13. The van der Waals surface area contributed by atoms with Gasteiger partial charge in [-0.3, -0.25) is 4.79 Å². The number of carbonyl (C=O) groups excluding carboxylic acids is 1. The summed E-state index contributed by atoms with van der Waals surface area (Å²) < 4.78 is 78.2. The Balaban J connectivity index is 2.45. The third-order valence-electron chi connectivity index (χ3n) is 6.19. The average molecular weight is 443 g/mol. The third kappa shape index (κ3) is 3.03. The van der Waals surface area contributed by atoms with Crippen LogP contribution >= 0.6 is 0 Å². The first kappa shape index (κ1) is 22.6. The van der Waals surface area contributed by atoms with E-state index in [0.29, 0.717) is 23.7 Å². The molecule has 8 heteroatoms. The predicted octanol–water partition coefficient (Wildman–Crippen LogP) is 6.96. The van der Waals surface area contributed by atoms with Crippen LogP contribution in [0.4, 0.5) is 22.0 Å². The minimum Gasteiger partial charge on any atom is -0.396 e. The Bertz CT molecular complexity index is 944. The number of ketones is 1. The summed E-state index contributed by atoms with van der Waals surface area (Å²) in [6.07, 6.45) is -5.97. The van der Waals surface area contributed by atoms with Crippen LogP contribution in [0.25, 0.3) is 11.1 Å². The largest absolute Gasteiger partial charge is 0.457 e. The van der Waals surface area contributed by atoms with Crippen LogP contribution in [-0.4, -0.2) is 26.2 Å². The second-order valence-electron chi connectivity index (χ2n) is 7.52. The first-order valence-electron chi connectivity index (χ1n) is 9.89. The van der Waals surface area contributed by atoms with Crippen molar-refractivity contribution in [2.24, 2.45) is 0 Å².